The monoisotopic (exact) mass is 221 g/mol. The van der Waals surface area contributed by atoms with E-state index in [-0.39, 0.29) is 5.78 Å². The van der Waals surface area contributed by atoms with Gasteiger partial charge in [-0.05, 0) is 12.0 Å². The molecule has 0 aliphatic rings. The van der Waals surface area contributed by atoms with Gasteiger partial charge in [0.1, 0.15) is 6.04 Å². The van der Waals surface area contributed by atoms with Gasteiger partial charge in [-0.15, -0.1) is 0 Å². The zero-order valence-electron chi connectivity index (χ0n) is 9.14. The Labute approximate surface area is 94.3 Å². The molecule has 1 amide bonds. The molecule has 0 fully saturated rings. The third kappa shape index (κ3) is 3.38. The minimum atomic E-state index is -1.18. The van der Waals surface area contributed by atoms with Crippen LogP contribution in [0, 0.1) is 0 Å². The summed E-state index contributed by atoms with van der Waals surface area (Å²) in [6, 6.07) is 8.13. The van der Waals surface area contributed by atoms with Crippen LogP contribution in [-0.4, -0.2) is 17.0 Å². The van der Waals surface area contributed by atoms with E-state index in [1.807, 2.05) is 13.0 Å². The molecule has 4 nitrogen and oxygen atoms in total. The highest BCUT2D eigenvalue weighted by Crippen LogP contribution is 2.15. The molecular formula is C12H15NO3. The summed E-state index contributed by atoms with van der Waals surface area (Å²) < 4.78 is 0. The molecule has 0 aromatic heterocycles. The van der Waals surface area contributed by atoms with Gasteiger partial charge in [0.25, 0.3) is 0 Å². The van der Waals surface area contributed by atoms with Crippen molar-refractivity contribution in [3.63, 3.8) is 0 Å². The number of Topliss-reactive ketones (excluding diaryl/α,β-unsaturated/α-hetero) is 1. The van der Waals surface area contributed by atoms with Crippen LogP contribution in [0.2, 0.25) is 0 Å². The van der Waals surface area contributed by atoms with E-state index in [4.69, 9.17) is 5.11 Å². The summed E-state index contributed by atoms with van der Waals surface area (Å²) in [5.74, 6) is -0.101. The molecule has 0 saturated heterocycles. The van der Waals surface area contributed by atoms with E-state index in [2.05, 4.69) is 5.32 Å². The van der Waals surface area contributed by atoms with Gasteiger partial charge >= 0.3 is 6.09 Å². The SMILES string of the molecule is CCCC(=O)[C@H](NC(=O)O)c1ccccc1. The van der Waals surface area contributed by atoms with Crippen LogP contribution in [0.25, 0.3) is 0 Å². The molecule has 0 spiro atoms. The van der Waals surface area contributed by atoms with Crippen LogP contribution in [0.3, 0.4) is 0 Å². The molecule has 1 atom stereocenters. The van der Waals surface area contributed by atoms with Crippen molar-refractivity contribution in [1.82, 2.24) is 5.32 Å². The van der Waals surface area contributed by atoms with Crippen molar-refractivity contribution in [2.24, 2.45) is 0 Å². The number of hydrogen-bond donors (Lipinski definition) is 2. The number of benzene rings is 1. The Balaban J connectivity index is 2.87. The van der Waals surface area contributed by atoms with Crippen LogP contribution in [0.5, 0.6) is 0 Å². The number of rotatable bonds is 5. The largest absolute Gasteiger partial charge is 0.465 e. The van der Waals surface area contributed by atoms with Crippen LogP contribution in [-0.2, 0) is 4.79 Å². The quantitative estimate of drug-likeness (QED) is 0.802. The fourth-order valence-corrected chi connectivity index (χ4v) is 1.51. The Kier molecular flexibility index (Phi) is 4.51. The Morgan fingerprint density at radius 3 is 2.44 bits per heavy atom. The zero-order valence-corrected chi connectivity index (χ0v) is 9.14. The standard InChI is InChI=1S/C12H15NO3/c1-2-6-10(14)11(13-12(15)16)9-7-4-3-5-8-9/h3-5,7-8,11,13H,2,6H2,1H3,(H,15,16)/t11-/m1/s1. The first kappa shape index (κ1) is 12.2. The van der Waals surface area contributed by atoms with E-state index in [1.54, 1.807) is 24.3 Å². The lowest BCUT2D eigenvalue weighted by molar-refractivity contribution is -0.121. The van der Waals surface area contributed by atoms with Crippen LogP contribution < -0.4 is 5.32 Å². The van der Waals surface area contributed by atoms with E-state index in [9.17, 15) is 9.59 Å². The minimum Gasteiger partial charge on any atom is -0.465 e. The van der Waals surface area contributed by atoms with Gasteiger partial charge in [-0.25, -0.2) is 4.79 Å². The summed E-state index contributed by atoms with van der Waals surface area (Å²) >= 11 is 0. The molecule has 0 radical (unpaired) electrons. The molecule has 0 unspecified atom stereocenters. The average Bonchev–Trinajstić information content (AvgIpc) is 2.27. The Morgan fingerprint density at radius 1 is 1.31 bits per heavy atom. The summed E-state index contributed by atoms with van der Waals surface area (Å²) in [4.78, 5) is 22.4. The lowest BCUT2D eigenvalue weighted by atomic mass is 10.00. The molecule has 86 valence electrons. The zero-order chi connectivity index (χ0) is 12.0. The molecule has 1 aromatic carbocycles. The molecule has 0 saturated carbocycles. The summed E-state index contributed by atoms with van der Waals surface area (Å²) in [6.07, 6.45) is -0.0955. The normalized spacial score (nSPS) is 11.8. The Morgan fingerprint density at radius 2 is 1.94 bits per heavy atom. The highest BCUT2D eigenvalue weighted by atomic mass is 16.4. The Bertz CT molecular complexity index is 362. The summed E-state index contributed by atoms with van der Waals surface area (Å²) in [5, 5.41) is 10.9. The third-order valence-electron chi connectivity index (χ3n) is 2.22. The predicted molar refractivity (Wildman–Crippen MR) is 60.3 cm³/mol. The van der Waals surface area contributed by atoms with E-state index in [0.717, 1.165) is 0 Å². The van der Waals surface area contributed by atoms with Crippen molar-refractivity contribution in [3.05, 3.63) is 35.9 Å². The van der Waals surface area contributed by atoms with Gasteiger partial charge < -0.3 is 10.4 Å². The molecule has 2 N–H and O–H groups in total. The van der Waals surface area contributed by atoms with Crippen molar-refractivity contribution in [1.29, 1.82) is 0 Å². The first-order valence-electron chi connectivity index (χ1n) is 5.22. The van der Waals surface area contributed by atoms with Crippen molar-refractivity contribution in [2.75, 3.05) is 0 Å². The number of nitrogens with one attached hydrogen (secondary N) is 1. The lowest BCUT2D eigenvalue weighted by Crippen LogP contribution is -2.32. The summed E-state index contributed by atoms with van der Waals surface area (Å²) in [5.41, 5.74) is 0.684. The molecule has 1 aromatic rings. The maximum Gasteiger partial charge on any atom is 0.405 e. The number of carbonyl (C=O) groups excluding carboxylic acids is 1. The number of carboxylic acid groups (broad SMARTS) is 1. The van der Waals surface area contributed by atoms with Crippen LogP contribution in [0.4, 0.5) is 4.79 Å². The molecule has 1 rings (SSSR count). The van der Waals surface area contributed by atoms with Crippen molar-refractivity contribution < 1.29 is 14.7 Å². The highest BCUT2D eigenvalue weighted by molar-refractivity contribution is 5.88. The number of hydrogen-bond acceptors (Lipinski definition) is 2. The van der Waals surface area contributed by atoms with Gasteiger partial charge in [0.2, 0.25) is 0 Å². The topological polar surface area (TPSA) is 66.4 Å². The highest BCUT2D eigenvalue weighted by Gasteiger charge is 2.20. The van der Waals surface area contributed by atoms with Gasteiger partial charge in [-0.2, -0.15) is 0 Å². The van der Waals surface area contributed by atoms with E-state index in [0.29, 0.717) is 18.4 Å². The van der Waals surface area contributed by atoms with Gasteiger partial charge in [0.15, 0.2) is 5.78 Å². The van der Waals surface area contributed by atoms with Crippen LogP contribution in [0.1, 0.15) is 31.4 Å². The fraction of sp³-hybridized carbons (Fsp3) is 0.333. The predicted octanol–water partition coefficient (Wildman–Crippen LogP) is 2.36. The van der Waals surface area contributed by atoms with Crippen molar-refractivity contribution in [2.45, 2.75) is 25.8 Å². The minimum absolute atomic E-state index is 0.101. The maximum atomic E-state index is 11.8. The van der Waals surface area contributed by atoms with E-state index < -0.39 is 12.1 Å². The van der Waals surface area contributed by atoms with Gasteiger partial charge in [0, 0.05) is 6.42 Å². The lowest BCUT2D eigenvalue weighted by Gasteiger charge is -2.15. The number of amides is 1. The van der Waals surface area contributed by atoms with Gasteiger partial charge in [0.05, 0.1) is 0 Å². The molecule has 0 aliphatic carbocycles. The van der Waals surface area contributed by atoms with Crippen LogP contribution in [0.15, 0.2) is 30.3 Å². The molecule has 4 heteroatoms. The van der Waals surface area contributed by atoms with Crippen LogP contribution >= 0.6 is 0 Å². The molecule has 16 heavy (non-hydrogen) atoms. The van der Waals surface area contributed by atoms with Crippen molar-refractivity contribution in [3.8, 4) is 0 Å². The average molecular weight is 221 g/mol. The second-order valence-electron chi connectivity index (χ2n) is 3.51. The second kappa shape index (κ2) is 5.90. The van der Waals surface area contributed by atoms with Crippen molar-refractivity contribution >= 4 is 11.9 Å². The first-order chi connectivity index (χ1) is 7.65. The smallest absolute Gasteiger partial charge is 0.405 e. The third-order valence-corrected chi connectivity index (χ3v) is 2.22. The fourth-order valence-electron chi connectivity index (χ4n) is 1.51. The molecule has 0 bridgehead atoms. The van der Waals surface area contributed by atoms with Gasteiger partial charge in [-0.3, -0.25) is 4.79 Å². The van der Waals surface area contributed by atoms with E-state index in [1.165, 1.54) is 0 Å². The number of ketones is 1. The molecule has 0 heterocycles. The first-order valence-corrected chi connectivity index (χ1v) is 5.22. The summed E-state index contributed by atoms with van der Waals surface area (Å²) in [7, 11) is 0. The summed E-state index contributed by atoms with van der Waals surface area (Å²) in [6.45, 7) is 1.89. The van der Waals surface area contributed by atoms with Gasteiger partial charge in [-0.1, -0.05) is 37.3 Å². The maximum absolute atomic E-state index is 11.8. The second-order valence-corrected chi connectivity index (χ2v) is 3.51. The molecule has 0 aliphatic heterocycles. The number of carbonyl (C=O) groups is 2. The van der Waals surface area contributed by atoms with E-state index >= 15 is 0 Å². The Hall–Kier alpha value is -1.84. The molecular weight excluding hydrogens is 206 g/mol.